The lowest BCUT2D eigenvalue weighted by Gasteiger charge is -2.01. The zero-order chi connectivity index (χ0) is 10.4. The summed E-state index contributed by atoms with van der Waals surface area (Å²) in [4.78, 5) is 4.42. The maximum Gasteiger partial charge on any atom is 0.174 e. The summed E-state index contributed by atoms with van der Waals surface area (Å²) in [6, 6.07) is 3.89. The first-order valence-electron chi connectivity index (χ1n) is 4.74. The highest BCUT2D eigenvalue weighted by atomic mass is 35.5. The summed E-state index contributed by atoms with van der Waals surface area (Å²) >= 11 is 6.06. The minimum Gasteiger partial charge on any atom is -0.232 e. The summed E-state index contributed by atoms with van der Waals surface area (Å²) in [5, 5.41) is 13.4. The van der Waals surface area contributed by atoms with Gasteiger partial charge in [0, 0.05) is 11.6 Å². The number of aromatic nitrogens is 3. The lowest BCUT2D eigenvalue weighted by molar-refractivity contribution is 0.909. The summed E-state index contributed by atoms with van der Waals surface area (Å²) in [7, 11) is 0. The minimum absolute atomic E-state index is 0.472. The molecule has 0 bridgehead atoms. The van der Waals surface area contributed by atoms with Gasteiger partial charge in [-0.05, 0) is 18.9 Å². The molecule has 1 fully saturated rings. The third-order valence-electron chi connectivity index (χ3n) is 2.56. The van der Waals surface area contributed by atoms with Gasteiger partial charge in [0.2, 0.25) is 0 Å². The fraction of sp³-hybridized carbons (Fsp3) is 0.300. The molecule has 74 valence electrons. The zero-order valence-corrected chi connectivity index (χ0v) is 8.57. The average molecular weight is 219 g/mol. The van der Waals surface area contributed by atoms with Gasteiger partial charge in [-0.3, -0.25) is 0 Å². The molecule has 0 aromatic carbocycles. The Kier molecular flexibility index (Phi) is 1.70. The second-order valence-electron chi connectivity index (χ2n) is 3.68. The number of halogens is 1. The van der Waals surface area contributed by atoms with Crippen molar-refractivity contribution in [2.75, 3.05) is 0 Å². The largest absolute Gasteiger partial charge is 0.232 e. The average Bonchev–Trinajstić information content (AvgIpc) is 2.99. The van der Waals surface area contributed by atoms with E-state index in [1.54, 1.807) is 0 Å². The second kappa shape index (κ2) is 2.94. The number of nitriles is 1. The molecule has 0 radical (unpaired) electrons. The van der Waals surface area contributed by atoms with Crippen LogP contribution in [0.5, 0.6) is 0 Å². The Hall–Kier alpha value is -1.60. The molecule has 0 atom stereocenters. The lowest BCUT2D eigenvalue weighted by Crippen LogP contribution is -1.96. The molecule has 0 aliphatic heterocycles. The molecular weight excluding hydrogens is 212 g/mol. The third kappa shape index (κ3) is 1.28. The van der Waals surface area contributed by atoms with E-state index < -0.39 is 0 Å². The van der Waals surface area contributed by atoms with Gasteiger partial charge in [0.05, 0.1) is 6.20 Å². The van der Waals surface area contributed by atoms with Crippen LogP contribution >= 0.6 is 11.6 Å². The van der Waals surface area contributed by atoms with Crippen molar-refractivity contribution in [3.8, 4) is 6.07 Å². The first-order valence-corrected chi connectivity index (χ1v) is 5.11. The molecular formula is C10H7ClN4. The van der Waals surface area contributed by atoms with Crippen LogP contribution in [-0.2, 0) is 0 Å². The smallest absolute Gasteiger partial charge is 0.174 e. The maximum atomic E-state index is 8.87. The van der Waals surface area contributed by atoms with Crippen LogP contribution in [0.15, 0.2) is 12.3 Å². The van der Waals surface area contributed by atoms with Gasteiger partial charge < -0.3 is 0 Å². The maximum absolute atomic E-state index is 8.87. The van der Waals surface area contributed by atoms with Crippen LogP contribution in [0.4, 0.5) is 0 Å². The lowest BCUT2D eigenvalue weighted by atomic mass is 10.3. The van der Waals surface area contributed by atoms with Crippen LogP contribution in [0.3, 0.4) is 0 Å². The Morgan fingerprint density at radius 2 is 2.33 bits per heavy atom. The van der Waals surface area contributed by atoms with Gasteiger partial charge >= 0.3 is 0 Å². The van der Waals surface area contributed by atoms with E-state index in [1.807, 2.05) is 6.07 Å². The molecule has 5 heteroatoms. The summed E-state index contributed by atoms with van der Waals surface area (Å²) in [5.74, 6) is 0.522. The van der Waals surface area contributed by atoms with Gasteiger partial charge in [0.15, 0.2) is 5.65 Å². The Bertz CT molecular complexity index is 577. The van der Waals surface area contributed by atoms with Gasteiger partial charge in [-0.1, -0.05) is 11.6 Å². The number of rotatable bonds is 1. The molecule has 0 spiro atoms. The van der Waals surface area contributed by atoms with E-state index in [0.29, 0.717) is 22.3 Å². The highest BCUT2D eigenvalue weighted by molar-refractivity contribution is 6.29. The van der Waals surface area contributed by atoms with Crippen molar-refractivity contribution in [3.63, 3.8) is 0 Å². The number of fused-ring (bicyclic) bond motifs is 1. The fourth-order valence-electron chi connectivity index (χ4n) is 1.61. The van der Waals surface area contributed by atoms with E-state index >= 15 is 0 Å². The molecule has 1 aliphatic carbocycles. The van der Waals surface area contributed by atoms with Crippen LogP contribution in [-0.4, -0.2) is 14.6 Å². The first-order chi connectivity index (χ1) is 7.29. The van der Waals surface area contributed by atoms with E-state index in [-0.39, 0.29) is 0 Å². The van der Waals surface area contributed by atoms with Crippen LogP contribution < -0.4 is 0 Å². The van der Waals surface area contributed by atoms with Crippen molar-refractivity contribution in [2.24, 2.45) is 0 Å². The quantitative estimate of drug-likeness (QED) is 0.689. The van der Waals surface area contributed by atoms with Gasteiger partial charge in [-0.2, -0.15) is 10.4 Å². The van der Waals surface area contributed by atoms with E-state index in [9.17, 15) is 0 Å². The molecule has 2 aromatic heterocycles. The van der Waals surface area contributed by atoms with E-state index in [2.05, 4.69) is 16.2 Å². The normalized spacial score (nSPS) is 15.5. The molecule has 0 unspecified atom stereocenters. The summed E-state index contributed by atoms with van der Waals surface area (Å²) < 4.78 is 1.49. The molecule has 2 heterocycles. The molecule has 3 rings (SSSR count). The standard InChI is InChI=1S/C10H7ClN4/c11-9-3-8(6-1-2-6)14-10-7(4-12)5-13-15(9)10/h3,5-6H,1-2H2. The van der Waals surface area contributed by atoms with E-state index in [4.69, 9.17) is 16.9 Å². The third-order valence-corrected chi connectivity index (χ3v) is 2.83. The predicted molar refractivity (Wildman–Crippen MR) is 54.7 cm³/mol. The van der Waals surface area contributed by atoms with Crippen molar-refractivity contribution < 1.29 is 0 Å². The van der Waals surface area contributed by atoms with Gasteiger partial charge in [-0.15, -0.1) is 0 Å². The molecule has 0 amide bonds. The van der Waals surface area contributed by atoms with Gasteiger partial charge in [0.1, 0.15) is 16.8 Å². The monoisotopic (exact) mass is 218 g/mol. The van der Waals surface area contributed by atoms with Crippen molar-refractivity contribution in [1.29, 1.82) is 5.26 Å². The Balaban J connectivity index is 2.31. The number of hydrogen-bond donors (Lipinski definition) is 0. The first kappa shape index (κ1) is 8.69. The fourth-order valence-corrected chi connectivity index (χ4v) is 1.85. The number of nitrogens with zero attached hydrogens (tertiary/aromatic N) is 4. The Labute approximate surface area is 91.1 Å². The summed E-state index contributed by atoms with van der Waals surface area (Å²) in [6.07, 6.45) is 3.82. The topological polar surface area (TPSA) is 54.0 Å². The van der Waals surface area contributed by atoms with Crippen LogP contribution in [0.2, 0.25) is 5.15 Å². The highest BCUT2D eigenvalue weighted by Crippen LogP contribution is 2.39. The minimum atomic E-state index is 0.472. The van der Waals surface area contributed by atoms with E-state index in [0.717, 1.165) is 18.5 Å². The molecule has 4 nitrogen and oxygen atoms in total. The van der Waals surface area contributed by atoms with Crippen molar-refractivity contribution in [1.82, 2.24) is 14.6 Å². The number of hydrogen-bond acceptors (Lipinski definition) is 3. The highest BCUT2D eigenvalue weighted by Gasteiger charge is 2.26. The van der Waals surface area contributed by atoms with Gasteiger partial charge in [-0.25, -0.2) is 9.50 Å². The van der Waals surface area contributed by atoms with Crippen molar-refractivity contribution in [2.45, 2.75) is 18.8 Å². The molecule has 15 heavy (non-hydrogen) atoms. The Morgan fingerprint density at radius 3 is 3.00 bits per heavy atom. The van der Waals surface area contributed by atoms with E-state index in [1.165, 1.54) is 10.7 Å². The molecule has 0 N–H and O–H groups in total. The molecule has 1 aliphatic rings. The van der Waals surface area contributed by atoms with Crippen LogP contribution in [0.25, 0.3) is 5.65 Å². The summed E-state index contributed by atoms with van der Waals surface area (Å²) in [6.45, 7) is 0. The van der Waals surface area contributed by atoms with Crippen LogP contribution in [0, 0.1) is 11.3 Å². The van der Waals surface area contributed by atoms with Crippen molar-refractivity contribution in [3.05, 3.63) is 28.7 Å². The van der Waals surface area contributed by atoms with Gasteiger partial charge in [0.25, 0.3) is 0 Å². The van der Waals surface area contributed by atoms with Crippen LogP contribution in [0.1, 0.15) is 30.0 Å². The van der Waals surface area contributed by atoms with Crippen molar-refractivity contribution >= 4 is 17.2 Å². The molecule has 1 saturated carbocycles. The second-order valence-corrected chi connectivity index (χ2v) is 4.07. The predicted octanol–water partition coefficient (Wildman–Crippen LogP) is 2.13. The SMILES string of the molecule is N#Cc1cnn2c(Cl)cc(C3CC3)nc12. The zero-order valence-electron chi connectivity index (χ0n) is 7.81. The Morgan fingerprint density at radius 1 is 1.53 bits per heavy atom. The molecule has 0 saturated heterocycles. The molecule has 2 aromatic rings. The summed E-state index contributed by atoms with van der Waals surface area (Å²) in [5.41, 5.74) is 2.01.